The third-order valence-electron chi connectivity index (χ3n) is 4.14. The number of benzene rings is 1. The van der Waals surface area contributed by atoms with Gasteiger partial charge in [0.15, 0.2) is 5.82 Å². The fourth-order valence-corrected chi connectivity index (χ4v) is 2.92. The number of carboxylic acid groups (broad SMARTS) is 1. The predicted molar refractivity (Wildman–Crippen MR) is 95.0 cm³/mol. The van der Waals surface area contributed by atoms with Crippen LogP contribution in [0.5, 0.6) is 0 Å². The summed E-state index contributed by atoms with van der Waals surface area (Å²) >= 11 is 0. The van der Waals surface area contributed by atoms with Crippen molar-refractivity contribution >= 4 is 29.0 Å². The van der Waals surface area contributed by atoms with E-state index in [-0.39, 0.29) is 23.0 Å². The smallest absolute Gasteiger partial charge is 0.339 e. The fourth-order valence-electron chi connectivity index (χ4n) is 2.92. The Morgan fingerprint density at radius 3 is 2.54 bits per heavy atom. The molecule has 0 aliphatic rings. The first-order valence-corrected chi connectivity index (χ1v) is 8.18. The number of hydrogen-bond donors (Lipinski definition) is 2. The van der Waals surface area contributed by atoms with Crippen molar-refractivity contribution in [1.82, 2.24) is 14.6 Å². The van der Waals surface area contributed by atoms with Gasteiger partial charge in [-0.1, -0.05) is 13.8 Å². The number of halogens is 2. The first-order chi connectivity index (χ1) is 13.2. The van der Waals surface area contributed by atoms with Crippen LogP contribution in [-0.4, -0.2) is 38.8 Å². The van der Waals surface area contributed by atoms with Crippen molar-refractivity contribution < 1.29 is 28.2 Å². The fraction of sp³-hybridized carbons (Fsp3) is 0.222. The number of nitrogens with one attached hydrogen (secondary N) is 1. The Morgan fingerprint density at radius 1 is 1.21 bits per heavy atom. The number of carbonyl (C=O) groups excluding carboxylic acids is 1. The summed E-state index contributed by atoms with van der Waals surface area (Å²) in [5.74, 6) is -4.31. The molecule has 0 aliphatic heterocycles. The largest absolute Gasteiger partial charge is 0.478 e. The summed E-state index contributed by atoms with van der Waals surface area (Å²) < 4.78 is 34.0. The molecule has 1 aromatic carbocycles. The lowest BCUT2D eigenvalue weighted by Crippen LogP contribution is -2.07. The molecule has 0 unspecified atom stereocenters. The summed E-state index contributed by atoms with van der Waals surface area (Å²) in [4.78, 5) is 27.3. The van der Waals surface area contributed by atoms with Crippen molar-refractivity contribution in [3.05, 3.63) is 53.0 Å². The quantitative estimate of drug-likeness (QED) is 0.644. The summed E-state index contributed by atoms with van der Waals surface area (Å²) in [7, 11) is 1.25. The van der Waals surface area contributed by atoms with Crippen LogP contribution in [-0.2, 0) is 4.74 Å². The molecule has 146 valence electrons. The summed E-state index contributed by atoms with van der Waals surface area (Å²) in [6, 6.07) is 1.32. The number of nitrogens with zero attached hydrogens (tertiary/aromatic N) is 3. The van der Waals surface area contributed by atoms with Gasteiger partial charge >= 0.3 is 11.9 Å². The molecular weight excluding hydrogens is 374 g/mol. The van der Waals surface area contributed by atoms with Crippen molar-refractivity contribution in [3.8, 4) is 0 Å². The molecule has 0 spiro atoms. The highest BCUT2D eigenvalue weighted by Crippen LogP contribution is 2.32. The van der Waals surface area contributed by atoms with Gasteiger partial charge in [0.1, 0.15) is 23.5 Å². The van der Waals surface area contributed by atoms with Crippen LogP contribution in [0.1, 0.15) is 46.0 Å². The highest BCUT2D eigenvalue weighted by atomic mass is 19.1. The zero-order valence-electron chi connectivity index (χ0n) is 15.2. The number of carboxylic acids is 1. The van der Waals surface area contributed by atoms with E-state index in [1.165, 1.54) is 24.1 Å². The van der Waals surface area contributed by atoms with Crippen molar-refractivity contribution in [1.29, 1.82) is 0 Å². The minimum Gasteiger partial charge on any atom is -0.478 e. The molecular formula is C18H16F2N4O4. The maximum Gasteiger partial charge on any atom is 0.339 e. The normalized spacial score (nSPS) is 11.1. The molecule has 0 saturated heterocycles. The highest BCUT2D eigenvalue weighted by molar-refractivity contribution is 5.96. The molecule has 0 amide bonds. The lowest BCUT2D eigenvalue weighted by molar-refractivity contribution is 0.0598. The second kappa shape index (κ2) is 7.22. The van der Waals surface area contributed by atoms with Gasteiger partial charge in [-0.25, -0.2) is 27.9 Å². The van der Waals surface area contributed by atoms with Crippen molar-refractivity contribution in [2.24, 2.45) is 0 Å². The van der Waals surface area contributed by atoms with Crippen molar-refractivity contribution in [2.75, 3.05) is 12.4 Å². The van der Waals surface area contributed by atoms with E-state index in [1.807, 2.05) is 13.8 Å². The predicted octanol–water partition coefficient (Wildman–Crippen LogP) is 3.36. The lowest BCUT2D eigenvalue weighted by Gasteiger charge is -2.12. The number of esters is 1. The Labute approximate surface area is 157 Å². The van der Waals surface area contributed by atoms with Crippen LogP contribution in [0, 0.1) is 11.6 Å². The number of methoxy groups -OCH3 is 1. The Morgan fingerprint density at radius 2 is 1.93 bits per heavy atom. The Hall–Kier alpha value is -3.56. The monoisotopic (exact) mass is 390 g/mol. The molecule has 3 aromatic rings. The van der Waals surface area contributed by atoms with Gasteiger partial charge in [-0.15, -0.1) is 0 Å². The molecule has 0 bridgehead atoms. The molecule has 0 atom stereocenters. The maximum absolute atomic E-state index is 14.2. The zero-order valence-corrected chi connectivity index (χ0v) is 15.2. The van der Waals surface area contributed by atoms with E-state index in [0.717, 1.165) is 6.07 Å². The van der Waals surface area contributed by atoms with Gasteiger partial charge in [0, 0.05) is 17.8 Å². The standard InChI is InChI=1S/C18H16F2N4O4/c1-8(2)14-10(18(27)28-3)6-24-15(14)16(21-7-22-24)23-13-4-9(17(25)26)11(19)5-12(13)20/h4-8H,1-3H3,(H,25,26)(H,21,22,23). The van der Waals surface area contributed by atoms with Gasteiger partial charge in [0.25, 0.3) is 0 Å². The highest BCUT2D eigenvalue weighted by Gasteiger charge is 2.24. The summed E-state index contributed by atoms with van der Waals surface area (Å²) in [6.45, 7) is 3.69. The zero-order chi connectivity index (χ0) is 20.6. The average Bonchev–Trinajstić information content (AvgIpc) is 3.03. The third kappa shape index (κ3) is 3.24. The molecule has 0 radical (unpaired) electrons. The van der Waals surface area contributed by atoms with Gasteiger partial charge in [0.05, 0.1) is 23.9 Å². The van der Waals surface area contributed by atoms with Crippen molar-refractivity contribution in [2.45, 2.75) is 19.8 Å². The second-order valence-electron chi connectivity index (χ2n) is 6.25. The minimum atomic E-state index is -1.54. The van der Waals surface area contributed by atoms with E-state index >= 15 is 0 Å². The van der Waals surface area contributed by atoms with Gasteiger partial charge in [0.2, 0.25) is 0 Å². The maximum atomic E-state index is 14.2. The molecule has 0 fully saturated rings. The summed E-state index contributed by atoms with van der Waals surface area (Å²) in [5, 5.41) is 15.8. The summed E-state index contributed by atoms with van der Waals surface area (Å²) in [6.07, 6.45) is 2.65. The number of fused-ring (bicyclic) bond motifs is 1. The SMILES string of the molecule is COC(=O)c1cn2ncnc(Nc3cc(C(=O)O)c(F)cc3F)c2c1C(C)C. The van der Waals surface area contributed by atoms with Crippen LogP contribution in [0.2, 0.25) is 0 Å². The molecule has 0 aliphatic carbocycles. The van der Waals surface area contributed by atoms with Crippen LogP contribution in [0.4, 0.5) is 20.3 Å². The molecule has 8 nitrogen and oxygen atoms in total. The van der Waals surface area contributed by atoms with E-state index < -0.39 is 29.1 Å². The molecule has 2 heterocycles. The van der Waals surface area contributed by atoms with E-state index in [4.69, 9.17) is 9.84 Å². The van der Waals surface area contributed by atoms with Crippen molar-refractivity contribution in [3.63, 3.8) is 0 Å². The number of rotatable bonds is 5. The topological polar surface area (TPSA) is 106 Å². The minimum absolute atomic E-state index is 0.121. The third-order valence-corrected chi connectivity index (χ3v) is 4.14. The van der Waals surface area contributed by atoms with Crippen LogP contribution in [0.3, 0.4) is 0 Å². The number of anilines is 2. The number of hydrogen-bond acceptors (Lipinski definition) is 6. The Balaban J connectivity index is 2.20. The molecule has 2 N–H and O–H groups in total. The van der Waals surface area contributed by atoms with E-state index in [0.29, 0.717) is 17.1 Å². The van der Waals surface area contributed by atoms with E-state index in [1.54, 1.807) is 0 Å². The van der Waals surface area contributed by atoms with Gasteiger partial charge in [-0.3, -0.25) is 0 Å². The van der Waals surface area contributed by atoms with Gasteiger partial charge < -0.3 is 15.2 Å². The second-order valence-corrected chi connectivity index (χ2v) is 6.25. The first-order valence-electron chi connectivity index (χ1n) is 8.18. The summed E-state index contributed by atoms with van der Waals surface area (Å²) in [5.41, 5.74) is 0.250. The van der Waals surface area contributed by atoms with Crippen LogP contribution >= 0.6 is 0 Å². The number of carbonyl (C=O) groups is 2. The number of aromatic nitrogens is 3. The van der Waals surface area contributed by atoms with E-state index in [9.17, 15) is 18.4 Å². The van der Waals surface area contributed by atoms with Crippen LogP contribution in [0.15, 0.2) is 24.7 Å². The van der Waals surface area contributed by atoms with E-state index in [2.05, 4.69) is 15.4 Å². The lowest BCUT2D eigenvalue weighted by atomic mass is 10.00. The molecule has 28 heavy (non-hydrogen) atoms. The van der Waals surface area contributed by atoms with Gasteiger partial charge in [-0.05, 0) is 12.0 Å². The molecule has 10 heteroatoms. The Bertz CT molecular complexity index is 1090. The van der Waals surface area contributed by atoms with Crippen LogP contribution in [0.25, 0.3) is 5.52 Å². The van der Waals surface area contributed by atoms with Crippen LogP contribution < -0.4 is 5.32 Å². The molecule has 2 aromatic heterocycles. The van der Waals surface area contributed by atoms with Gasteiger partial charge in [-0.2, -0.15) is 5.10 Å². The number of aromatic carboxylic acids is 1. The average molecular weight is 390 g/mol. The Kier molecular flexibility index (Phi) is 4.95. The number of ether oxygens (including phenoxy) is 1. The molecule has 3 rings (SSSR count). The molecule has 0 saturated carbocycles. The first kappa shape index (κ1) is 19.2.